The smallest absolute Gasteiger partial charge is 0 e. The fourth-order valence-corrected chi connectivity index (χ4v) is 26.9. The molecule has 142 heavy (non-hydrogen) atoms. The zero-order chi connectivity index (χ0) is 100. The molecule has 0 aromatic heterocycles. The Bertz CT molecular complexity index is 4380. The molecule has 2 N–H and O–H groups in total. The van der Waals surface area contributed by atoms with Gasteiger partial charge in [0.1, 0.15) is 0 Å². The molecule has 0 spiro atoms. The molecule has 0 aliphatic heterocycles. The van der Waals surface area contributed by atoms with Gasteiger partial charge in [-0.1, -0.05) is 630 Å². The van der Waals surface area contributed by atoms with Crippen LogP contribution in [-0.4, -0.2) is 17.2 Å². The Balaban J connectivity index is 0. The van der Waals surface area contributed by atoms with Gasteiger partial charge in [0.05, 0.1) is 0 Å². The molecule has 18 aromatic rings. The quantitative estimate of drug-likeness (QED) is 0.0651. The number of hydrogen-bond donors (Lipinski definition) is 2. The molecule has 18 aromatic carbocycles. The van der Waals surface area contributed by atoms with E-state index in [9.17, 15) is 0 Å². The van der Waals surface area contributed by atoms with Crippen LogP contribution in [0.3, 0.4) is 0 Å². The van der Waals surface area contributed by atoms with Gasteiger partial charge in [0, 0.05) is 96.4 Å². The molecule has 0 bridgehead atoms. The Morgan fingerprint density at radius 2 is 0.218 bits per heavy atom. The van der Waals surface area contributed by atoms with Gasteiger partial charge in [-0.25, -0.2) is 0 Å². The van der Waals surface area contributed by atoms with Crippen molar-refractivity contribution in [3.05, 3.63) is 546 Å². The first-order valence-electron chi connectivity index (χ1n) is 45.4. The summed E-state index contributed by atoms with van der Waals surface area (Å²) in [7, 11) is 6.70. The second kappa shape index (κ2) is 92.0. The Labute approximate surface area is 931 Å². The van der Waals surface area contributed by atoms with Gasteiger partial charge in [0.2, 0.25) is 0 Å². The van der Waals surface area contributed by atoms with Crippen LogP contribution in [0.1, 0.15) is 84.1 Å². The summed E-state index contributed by atoms with van der Waals surface area (Å²) in [6.07, 6.45) is 0. The van der Waals surface area contributed by atoms with E-state index in [-0.39, 0.29) is 64.7 Å². The fourth-order valence-electron chi connectivity index (χ4n) is 13.1. The molecule has 746 valence electrons. The molecule has 18 rings (SSSR count). The molecule has 0 fully saturated rings. The maximum atomic E-state index is 7.61. The van der Waals surface area contributed by atoms with E-state index < -0.39 is 54.6 Å². The minimum atomic E-state index is -1.17. The Kier molecular flexibility index (Phi) is 88.3. The standard InChI is InChI=1S/6C18H15P.5C2H6.CH5BO2.2CH4.2ClH.2Pd.S3.2S2.H2S/c6*1-4-10-16(11-5-1)19(17-12-6-2-7-13-17)18-14-8-3-9-15-18;5*1-2;1-2(3)4;;;;;;;1-3-2;2*1-2;/h6*1-15H;5*1-2H3;3-4H,1H3;2*1H4;2*1H;;;;;;1H2/q;;;;;;;;;;;;;;;;;+2;;;;/p-2. The summed E-state index contributed by atoms with van der Waals surface area (Å²) in [5.41, 5.74) is 0. The van der Waals surface area contributed by atoms with Gasteiger partial charge in [-0.15, -0.1) is 0 Å². The summed E-state index contributed by atoms with van der Waals surface area (Å²) >= 11 is 22.8. The van der Waals surface area contributed by atoms with Gasteiger partial charge in [0.15, 0.2) is 0 Å². The summed E-state index contributed by atoms with van der Waals surface area (Å²) in [5, 5.41) is 40.4. The van der Waals surface area contributed by atoms with Crippen molar-refractivity contribution in [1.29, 1.82) is 0 Å². The van der Waals surface area contributed by atoms with Crippen LogP contribution in [0, 0.1) is 0 Å². The maximum absolute atomic E-state index is 7.61. The Morgan fingerprint density at radius 1 is 0.183 bits per heavy atom. The average Bonchev–Trinajstić information content (AvgIpc) is 0.848. The number of hydrogen-bond acceptors (Lipinski definition) is 8. The van der Waals surface area contributed by atoms with Gasteiger partial charge < -0.3 is 10.0 Å². The van der Waals surface area contributed by atoms with Gasteiger partial charge in [-0.05, 0) is 150 Å². The summed E-state index contributed by atoms with van der Waals surface area (Å²) in [5.74, 6) is 0. The van der Waals surface area contributed by atoms with E-state index in [4.69, 9.17) is 29.1 Å². The van der Waals surface area contributed by atoms with E-state index in [1.165, 1.54) is 102 Å². The summed E-state index contributed by atoms with van der Waals surface area (Å²) in [6, 6.07) is 194. The molecular weight excluding hydrogens is 2220 g/mol. The van der Waals surface area contributed by atoms with Crippen LogP contribution < -0.4 is 95.5 Å². The summed E-state index contributed by atoms with van der Waals surface area (Å²) in [4.78, 5) is 0. The van der Waals surface area contributed by atoms with Crippen LogP contribution >= 0.6 is 80.1 Å². The number of rotatable bonds is 18. The molecule has 2 nitrogen and oxygen atoms in total. The van der Waals surface area contributed by atoms with Crippen molar-refractivity contribution < 1.29 is 46.4 Å². The third kappa shape index (κ3) is 52.6. The maximum Gasteiger partial charge on any atom is 0 e. The van der Waals surface area contributed by atoms with Gasteiger partial charge >= 0.3 is 42.1 Å². The van der Waals surface area contributed by atoms with Gasteiger partial charge in [0.25, 0.3) is 0 Å². The van der Waals surface area contributed by atoms with Crippen LogP contribution in [0.5, 0.6) is 0 Å². The van der Waals surface area contributed by atoms with Crippen molar-refractivity contribution >= 4 is 259 Å². The molecule has 0 amide bonds. The summed E-state index contributed by atoms with van der Waals surface area (Å²) < 4.78 is 0. The molecule has 0 saturated carbocycles. The predicted octanol–water partition coefficient (Wildman–Crippen LogP) is 27.6. The van der Waals surface area contributed by atoms with Crippen molar-refractivity contribution in [3.8, 4) is 0 Å². The minimum Gasteiger partial charge on any atom is -0.0622 e. The van der Waals surface area contributed by atoms with Crippen molar-refractivity contribution in [2.75, 3.05) is 0 Å². The summed E-state index contributed by atoms with van der Waals surface area (Å²) in [6.45, 7) is 21.3. The first-order chi connectivity index (χ1) is 68.3. The third-order valence-corrected chi connectivity index (χ3v) is 32.9. The van der Waals surface area contributed by atoms with Gasteiger partial charge in [-0.3, -0.25) is 0 Å². The van der Waals surface area contributed by atoms with Crippen molar-refractivity contribution in [2.24, 2.45) is 0 Å². The largest absolute Gasteiger partial charge is 0.0622 e. The predicted molar refractivity (Wildman–Crippen MR) is 671 cm³/mol. The van der Waals surface area contributed by atoms with E-state index in [1.807, 2.05) is 69.2 Å². The molecule has 0 unspecified atom stereocenters. The molecule has 0 saturated heterocycles. The topological polar surface area (TPSA) is 40.5 Å². The monoisotopic (exact) mass is 2350 g/mol. The second-order valence-corrected chi connectivity index (χ2v) is 44.2. The molecule has 21 heteroatoms. The zero-order valence-corrected chi connectivity index (χ0v) is 97.6. The van der Waals surface area contributed by atoms with Crippen LogP contribution in [0.4, 0.5) is 0 Å². The van der Waals surface area contributed by atoms with E-state index >= 15 is 0 Å². The average molecular weight is 2360 g/mol. The minimum absolute atomic E-state index is 0. The molecule has 0 atom stereocenters. The van der Waals surface area contributed by atoms with Crippen molar-refractivity contribution in [1.82, 2.24) is 0 Å². The third-order valence-electron chi connectivity index (χ3n) is 18.3. The van der Waals surface area contributed by atoms with Crippen LogP contribution in [0.15, 0.2) is 546 Å². The molecule has 0 radical (unpaired) electrons. The Morgan fingerprint density at radius 3 is 0.254 bits per heavy atom. The SMILES string of the molecule is C.C.CB(O)O.CC.CC.CC.CC.CC.S.S=S.S=S.S=S=S.[Cl][Pd][Cl].[Pd].c1ccc(P(c2ccccc2)c2ccccc2)cc1.c1ccc(P(c2ccccc2)c2ccccc2)cc1.c1ccc(P(c2ccccc2)c2ccccc2)cc1.c1ccc(P(c2ccccc2)c2ccccc2)cc1.c1ccc(P(c2ccccc2)c2ccccc2)cc1.c1ccc(P(c2ccccc2)c2ccccc2)cc1. The van der Waals surface area contributed by atoms with Crippen LogP contribution in [0.2, 0.25) is 6.82 Å². The van der Waals surface area contributed by atoms with Crippen LogP contribution in [0.25, 0.3) is 0 Å². The van der Waals surface area contributed by atoms with Crippen molar-refractivity contribution in [3.63, 3.8) is 0 Å². The number of benzene rings is 18. The van der Waals surface area contributed by atoms with Crippen molar-refractivity contribution in [2.45, 2.75) is 90.9 Å². The Hall–Kier alpha value is -7.68. The first-order valence-corrected chi connectivity index (χ1v) is 62.8. The van der Waals surface area contributed by atoms with E-state index in [0.29, 0.717) is 0 Å². The van der Waals surface area contributed by atoms with E-state index in [2.05, 4.69) is 613 Å². The van der Waals surface area contributed by atoms with E-state index in [1.54, 1.807) is 0 Å². The molecular formula is C121H135BCl2O2P6Pd2S8. The zero-order valence-electron chi connectivity index (χ0n) is 80.9. The molecule has 0 aliphatic rings. The second-order valence-electron chi connectivity index (χ2n) is 26.8. The first kappa shape index (κ1) is 136. The fraction of sp³-hybridized carbons (Fsp3) is 0.107. The molecule has 0 heterocycles. The normalized spacial score (nSPS) is 9.19. The van der Waals surface area contributed by atoms with E-state index in [0.717, 1.165) is 8.88 Å². The number of halogens is 2. The van der Waals surface area contributed by atoms with Gasteiger partial charge in [-0.2, -0.15) is 13.5 Å². The van der Waals surface area contributed by atoms with Crippen LogP contribution in [-0.2, 0) is 112 Å². The molecule has 0 aliphatic carbocycles.